The second kappa shape index (κ2) is 7.50. The molecule has 1 unspecified atom stereocenters. The predicted molar refractivity (Wildman–Crippen MR) is 115 cm³/mol. The van der Waals surface area contributed by atoms with E-state index in [2.05, 4.69) is 0 Å². The second-order valence-electron chi connectivity index (χ2n) is 7.48. The lowest BCUT2D eigenvalue weighted by Gasteiger charge is -2.25. The number of para-hydroxylation sites is 1. The first-order valence-corrected chi connectivity index (χ1v) is 10.3. The van der Waals surface area contributed by atoms with E-state index in [1.807, 2.05) is 72.4 Å². The average molecular weight is 410 g/mol. The molecular formula is C22H23N3O3S. The van der Waals surface area contributed by atoms with Crippen LogP contribution in [0.5, 0.6) is 0 Å². The number of hydrogen-bond donors (Lipinski definition) is 1. The van der Waals surface area contributed by atoms with E-state index in [-0.39, 0.29) is 11.3 Å². The Hall–Kier alpha value is -2.90. The first kappa shape index (κ1) is 19.4. The number of rotatable bonds is 5. The lowest BCUT2D eigenvalue weighted by molar-refractivity contribution is -0.140. The molecule has 1 amide bonds. The van der Waals surface area contributed by atoms with Crippen molar-refractivity contribution in [2.24, 2.45) is 7.05 Å². The van der Waals surface area contributed by atoms with Crippen LogP contribution in [0.25, 0.3) is 16.7 Å². The van der Waals surface area contributed by atoms with Gasteiger partial charge in [0.1, 0.15) is 5.76 Å². The molecule has 1 fully saturated rings. The van der Waals surface area contributed by atoms with Crippen molar-refractivity contribution < 1.29 is 14.7 Å². The van der Waals surface area contributed by atoms with Crippen molar-refractivity contribution in [3.8, 4) is 0 Å². The van der Waals surface area contributed by atoms with Gasteiger partial charge in [-0.15, -0.1) is 11.3 Å². The summed E-state index contributed by atoms with van der Waals surface area (Å²) >= 11 is 1.48. The van der Waals surface area contributed by atoms with Crippen molar-refractivity contribution in [1.82, 2.24) is 14.4 Å². The van der Waals surface area contributed by atoms with Gasteiger partial charge in [-0.2, -0.15) is 0 Å². The number of ketones is 1. The summed E-state index contributed by atoms with van der Waals surface area (Å²) in [5.74, 6) is -1.31. The van der Waals surface area contributed by atoms with Gasteiger partial charge in [0.15, 0.2) is 0 Å². The highest BCUT2D eigenvalue weighted by Crippen LogP contribution is 2.42. The van der Waals surface area contributed by atoms with Gasteiger partial charge in [0.2, 0.25) is 0 Å². The number of likely N-dealkylation sites (N-methyl/N-ethyl adjacent to an activating group) is 1. The largest absolute Gasteiger partial charge is 0.507 e. The molecule has 29 heavy (non-hydrogen) atoms. The number of fused-ring (bicyclic) bond motifs is 1. The third-order valence-electron chi connectivity index (χ3n) is 5.29. The number of aromatic nitrogens is 1. The molecule has 1 saturated heterocycles. The van der Waals surface area contributed by atoms with Crippen LogP contribution in [0.1, 0.15) is 16.5 Å². The zero-order valence-corrected chi connectivity index (χ0v) is 17.4. The van der Waals surface area contributed by atoms with Crippen LogP contribution < -0.4 is 0 Å². The number of amides is 1. The Balaban J connectivity index is 1.89. The Morgan fingerprint density at radius 1 is 1.17 bits per heavy atom. The summed E-state index contributed by atoms with van der Waals surface area (Å²) < 4.78 is 1.91. The molecule has 6 nitrogen and oxygen atoms in total. The standard InChI is InChI=1S/C22H23N3O3S/c1-23(2)10-11-25-19(17-9-6-12-29-17)18(21(27)22(25)28)20(26)15-13-24(3)16-8-5-4-7-14(15)16/h4-9,12-13,19,26H,10-11H2,1-3H3/b20-18+. The lowest BCUT2D eigenvalue weighted by Crippen LogP contribution is -2.35. The molecule has 4 rings (SSSR count). The Labute approximate surface area is 173 Å². The van der Waals surface area contributed by atoms with Gasteiger partial charge in [0.05, 0.1) is 11.6 Å². The molecule has 0 saturated carbocycles. The fourth-order valence-electron chi connectivity index (χ4n) is 3.84. The molecular weight excluding hydrogens is 386 g/mol. The maximum atomic E-state index is 13.0. The first-order valence-electron chi connectivity index (χ1n) is 9.41. The number of aliphatic hydroxyl groups excluding tert-OH is 1. The van der Waals surface area contributed by atoms with Crippen LogP contribution in [-0.4, -0.2) is 58.3 Å². The van der Waals surface area contributed by atoms with Crippen molar-refractivity contribution in [3.63, 3.8) is 0 Å². The van der Waals surface area contributed by atoms with Gasteiger partial charge in [-0.3, -0.25) is 9.59 Å². The molecule has 150 valence electrons. The van der Waals surface area contributed by atoms with Crippen LogP contribution in [0.15, 0.2) is 53.5 Å². The molecule has 7 heteroatoms. The van der Waals surface area contributed by atoms with Gasteiger partial charge < -0.3 is 19.5 Å². The molecule has 3 heterocycles. The molecule has 0 spiro atoms. The summed E-state index contributed by atoms with van der Waals surface area (Å²) in [6.45, 7) is 1.04. The van der Waals surface area contributed by atoms with E-state index in [4.69, 9.17) is 0 Å². The Morgan fingerprint density at radius 2 is 1.93 bits per heavy atom. The van der Waals surface area contributed by atoms with Crippen LogP contribution in [-0.2, 0) is 16.6 Å². The number of benzene rings is 1. The van der Waals surface area contributed by atoms with Crippen molar-refractivity contribution in [2.75, 3.05) is 27.2 Å². The van der Waals surface area contributed by atoms with Crippen LogP contribution >= 0.6 is 11.3 Å². The van der Waals surface area contributed by atoms with Crippen molar-refractivity contribution in [2.45, 2.75) is 6.04 Å². The smallest absolute Gasteiger partial charge is 0.295 e. The fraction of sp³-hybridized carbons (Fsp3) is 0.273. The van der Waals surface area contributed by atoms with Crippen molar-refractivity contribution in [3.05, 3.63) is 64.0 Å². The van der Waals surface area contributed by atoms with E-state index in [1.54, 1.807) is 11.1 Å². The van der Waals surface area contributed by atoms with Crippen molar-refractivity contribution in [1.29, 1.82) is 0 Å². The van der Waals surface area contributed by atoms with E-state index in [0.29, 0.717) is 18.7 Å². The lowest BCUT2D eigenvalue weighted by atomic mass is 9.99. The quantitative estimate of drug-likeness (QED) is 0.399. The van der Waals surface area contributed by atoms with Crippen LogP contribution in [0.4, 0.5) is 0 Å². The summed E-state index contributed by atoms with van der Waals surface area (Å²) in [5.41, 5.74) is 1.67. The number of thiophene rings is 1. The van der Waals surface area contributed by atoms with Crippen LogP contribution in [0, 0.1) is 0 Å². The highest BCUT2D eigenvalue weighted by Gasteiger charge is 2.46. The normalized spacial score (nSPS) is 19.0. The monoisotopic (exact) mass is 409 g/mol. The topological polar surface area (TPSA) is 65.8 Å². The molecule has 1 N–H and O–H groups in total. The maximum absolute atomic E-state index is 13.0. The molecule has 2 aromatic heterocycles. The van der Waals surface area contributed by atoms with Gasteiger partial charge in [-0.25, -0.2) is 0 Å². The highest BCUT2D eigenvalue weighted by atomic mass is 32.1. The van der Waals surface area contributed by atoms with E-state index in [1.165, 1.54) is 11.3 Å². The van der Waals surface area contributed by atoms with Gasteiger partial charge in [0, 0.05) is 47.7 Å². The van der Waals surface area contributed by atoms with E-state index >= 15 is 0 Å². The summed E-state index contributed by atoms with van der Waals surface area (Å²) in [6.07, 6.45) is 1.80. The van der Waals surface area contributed by atoms with Gasteiger partial charge >= 0.3 is 0 Å². The van der Waals surface area contributed by atoms with E-state index in [0.717, 1.165) is 15.8 Å². The molecule has 1 aliphatic rings. The number of carbonyl (C=O) groups excluding carboxylic acids is 2. The predicted octanol–water partition coefficient (Wildman–Crippen LogP) is 3.22. The molecule has 0 bridgehead atoms. The zero-order valence-electron chi connectivity index (χ0n) is 16.6. The van der Waals surface area contributed by atoms with E-state index < -0.39 is 17.7 Å². The molecule has 1 atom stereocenters. The summed E-state index contributed by atoms with van der Waals surface area (Å²) in [4.78, 5) is 30.3. The molecule has 0 radical (unpaired) electrons. The Morgan fingerprint density at radius 3 is 2.62 bits per heavy atom. The van der Waals surface area contributed by atoms with Gasteiger partial charge in [-0.05, 0) is 31.6 Å². The molecule has 1 aromatic carbocycles. The van der Waals surface area contributed by atoms with Gasteiger partial charge in [-0.1, -0.05) is 24.3 Å². The average Bonchev–Trinajstić information content (AvgIpc) is 3.39. The number of aryl methyl sites for hydroxylation is 1. The third-order valence-corrected chi connectivity index (χ3v) is 6.22. The summed E-state index contributed by atoms with van der Waals surface area (Å²) in [5, 5.41) is 14.0. The second-order valence-corrected chi connectivity index (χ2v) is 8.46. The third kappa shape index (κ3) is 3.26. The number of aliphatic hydroxyl groups is 1. The number of Topliss-reactive ketones (excluding diaryl/α,β-unsaturated/α-hetero) is 1. The summed E-state index contributed by atoms with van der Waals surface area (Å²) in [7, 11) is 5.74. The number of likely N-dealkylation sites (tertiary alicyclic amines) is 1. The number of nitrogens with zero attached hydrogens (tertiary/aromatic N) is 3. The maximum Gasteiger partial charge on any atom is 0.295 e. The van der Waals surface area contributed by atoms with Crippen LogP contribution in [0.2, 0.25) is 0 Å². The molecule has 1 aliphatic heterocycles. The van der Waals surface area contributed by atoms with Gasteiger partial charge in [0.25, 0.3) is 11.7 Å². The summed E-state index contributed by atoms with van der Waals surface area (Å²) in [6, 6.07) is 10.9. The van der Waals surface area contributed by atoms with Crippen molar-refractivity contribution >= 4 is 39.7 Å². The SMILES string of the molecule is CN(C)CCN1C(=O)C(=O)/C(=C(/O)c2cn(C)c3ccccc23)C1c1cccs1. The fourth-order valence-corrected chi connectivity index (χ4v) is 4.68. The van der Waals surface area contributed by atoms with Crippen LogP contribution in [0.3, 0.4) is 0 Å². The number of hydrogen-bond acceptors (Lipinski definition) is 5. The Kier molecular flexibility index (Phi) is 5.02. The van der Waals surface area contributed by atoms with E-state index in [9.17, 15) is 14.7 Å². The molecule has 0 aliphatic carbocycles. The first-order chi connectivity index (χ1) is 13.9. The molecule has 3 aromatic rings. The minimum Gasteiger partial charge on any atom is -0.507 e. The highest BCUT2D eigenvalue weighted by molar-refractivity contribution is 7.10. The number of carbonyl (C=O) groups is 2. The minimum atomic E-state index is -0.632. The minimum absolute atomic E-state index is 0.120. The zero-order chi connectivity index (χ0) is 20.7. The Bertz CT molecular complexity index is 1110.